The number of carbonyl (C=O) groups is 8. The maximum absolute atomic E-state index is 14.1. The molecule has 4 atom stereocenters. The monoisotopic (exact) mass is 749 g/mol. The van der Waals surface area contributed by atoms with Crippen molar-refractivity contribution in [2.75, 3.05) is 19.6 Å². The Morgan fingerprint density at radius 3 is 1.91 bits per heavy atom. The van der Waals surface area contributed by atoms with Gasteiger partial charge in [-0.1, -0.05) is 62.4 Å². The maximum Gasteiger partial charge on any atom is 0.326 e. The molecule has 0 spiro atoms. The van der Waals surface area contributed by atoms with E-state index < -0.39 is 90.5 Å². The van der Waals surface area contributed by atoms with E-state index in [1.165, 1.54) is 0 Å². The first-order chi connectivity index (χ1) is 25.7. The number of benzene rings is 2. The molecule has 0 saturated carbocycles. The number of primary amides is 1. The van der Waals surface area contributed by atoms with Crippen LogP contribution in [0.4, 0.5) is 0 Å². The van der Waals surface area contributed by atoms with Crippen molar-refractivity contribution in [3.8, 4) is 0 Å². The number of para-hydroxylation sites is 1. The predicted molar refractivity (Wildman–Crippen MR) is 196 cm³/mol. The molecule has 0 aliphatic heterocycles. The molecule has 1 aromatic heterocycles. The number of nitrogens with one attached hydrogen (secondary N) is 7. The number of carbonyl (C=O) groups excluding carboxylic acids is 7. The molecule has 1 heterocycles. The molecule has 18 heteroatoms. The number of aromatic nitrogens is 1. The molecule has 2 aromatic carbocycles. The number of hydrogen-bond acceptors (Lipinski definition) is 9. The summed E-state index contributed by atoms with van der Waals surface area (Å²) in [7, 11) is 0. The van der Waals surface area contributed by atoms with Gasteiger partial charge in [0.2, 0.25) is 41.4 Å². The Balaban J connectivity index is 1.85. The van der Waals surface area contributed by atoms with Crippen molar-refractivity contribution in [3.05, 3.63) is 71.9 Å². The summed E-state index contributed by atoms with van der Waals surface area (Å²) < 4.78 is 0. The zero-order valence-electron chi connectivity index (χ0n) is 30.0. The summed E-state index contributed by atoms with van der Waals surface area (Å²) in [5, 5.41) is 25.4. The second-order valence-electron chi connectivity index (χ2n) is 12.8. The summed E-state index contributed by atoms with van der Waals surface area (Å²) in [6, 6.07) is 10.7. The van der Waals surface area contributed by atoms with Crippen molar-refractivity contribution in [2.45, 2.75) is 63.7 Å². The highest BCUT2D eigenvalue weighted by molar-refractivity contribution is 5.96. The molecule has 0 unspecified atom stereocenters. The first-order valence-electron chi connectivity index (χ1n) is 17.2. The van der Waals surface area contributed by atoms with E-state index in [1.54, 1.807) is 56.4 Å². The van der Waals surface area contributed by atoms with Gasteiger partial charge in [-0.2, -0.15) is 0 Å². The van der Waals surface area contributed by atoms with Crippen molar-refractivity contribution in [3.63, 3.8) is 0 Å². The third kappa shape index (κ3) is 13.4. The maximum atomic E-state index is 14.1. The highest BCUT2D eigenvalue weighted by Crippen LogP contribution is 2.19. The molecule has 18 nitrogen and oxygen atoms in total. The van der Waals surface area contributed by atoms with Gasteiger partial charge >= 0.3 is 5.97 Å². The van der Waals surface area contributed by atoms with Crippen LogP contribution in [0.15, 0.2) is 60.8 Å². The van der Waals surface area contributed by atoms with Crippen molar-refractivity contribution in [2.24, 2.45) is 17.4 Å². The van der Waals surface area contributed by atoms with Gasteiger partial charge in [0.15, 0.2) is 0 Å². The van der Waals surface area contributed by atoms with E-state index in [-0.39, 0.29) is 32.2 Å². The van der Waals surface area contributed by atoms with Gasteiger partial charge in [-0.05, 0) is 29.5 Å². The summed E-state index contributed by atoms with van der Waals surface area (Å²) in [5.74, 6) is -6.95. The highest BCUT2D eigenvalue weighted by atomic mass is 16.4. The summed E-state index contributed by atoms with van der Waals surface area (Å²) >= 11 is 0. The number of H-pyrrole nitrogens is 1. The normalized spacial score (nSPS) is 13.1. The molecular formula is C36H47N9O9. The van der Waals surface area contributed by atoms with Crippen LogP contribution in [0.3, 0.4) is 0 Å². The number of amides is 7. The van der Waals surface area contributed by atoms with Crippen LogP contribution in [0.25, 0.3) is 10.9 Å². The van der Waals surface area contributed by atoms with Gasteiger partial charge < -0.3 is 53.5 Å². The van der Waals surface area contributed by atoms with Gasteiger partial charge in [0.25, 0.3) is 0 Å². The molecule has 0 bridgehead atoms. The van der Waals surface area contributed by atoms with Crippen molar-refractivity contribution in [1.82, 2.24) is 36.9 Å². The smallest absolute Gasteiger partial charge is 0.326 e. The van der Waals surface area contributed by atoms with E-state index in [4.69, 9.17) is 11.5 Å². The molecule has 0 aliphatic carbocycles. The van der Waals surface area contributed by atoms with Crippen LogP contribution in [0.1, 0.15) is 37.8 Å². The first kappa shape index (κ1) is 42.1. The minimum atomic E-state index is -1.49. The topological polar surface area (TPSA) is 297 Å². The molecular weight excluding hydrogens is 702 g/mol. The Kier molecular flexibility index (Phi) is 16.1. The molecule has 290 valence electrons. The molecule has 7 amide bonds. The van der Waals surface area contributed by atoms with Crippen molar-refractivity contribution >= 4 is 58.2 Å². The van der Waals surface area contributed by atoms with E-state index in [2.05, 4.69) is 36.9 Å². The lowest BCUT2D eigenvalue weighted by Crippen LogP contribution is -2.59. The Morgan fingerprint density at radius 2 is 1.28 bits per heavy atom. The van der Waals surface area contributed by atoms with Gasteiger partial charge in [0.05, 0.1) is 19.6 Å². The van der Waals surface area contributed by atoms with Crippen LogP contribution in [0.5, 0.6) is 0 Å². The molecule has 0 saturated heterocycles. The van der Waals surface area contributed by atoms with Crippen LogP contribution in [-0.4, -0.2) is 101 Å². The largest absolute Gasteiger partial charge is 0.480 e. The van der Waals surface area contributed by atoms with E-state index >= 15 is 0 Å². The number of carboxylic acid groups (broad SMARTS) is 1. The quantitative estimate of drug-likeness (QED) is 0.0576. The average Bonchev–Trinajstić information content (AvgIpc) is 3.55. The Morgan fingerprint density at radius 1 is 0.704 bits per heavy atom. The second kappa shape index (κ2) is 20.7. The highest BCUT2D eigenvalue weighted by Gasteiger charge is 2.33. The molecule has 54 heavy (non-hydrogen) atoms. The number of aromatic amines is 1. The zero-order valence-corrected chi connectivity index (χ0v) is 30.0. The van der Waals surface area contributed by atoms with Gasteiger partial charge in [0, 0.05) is 36.4 Å². The molecule has 0 aliphatic rings. The van der Waals surface area contributed by atoms with Crippen molar-refractivity contribution < 1.29 is 43.5 Å². The third-order valence-electron chi connectivity index (χ3n) is 8.28. The predicted octanol–water partition coefficient (Wildman–Crippen LogP) is -1.91. The van der Waals surface area contributed by atoms with E-state index in [9.17, 15) is 43.5 Å². The standard InChI is InChI=1S/C36H47N9O9/c1-20(2)32(45-31(49)19-41-30(48)18-40-29(47)16-37)35(52)44-26(14-21-8-4-3-5-9-21)33(50)43-27(15-22-17-39-24-11-7-6-10-23(22)24)34(51)42-25(36(53)54)12-13-28(38)46/h3-11,17,20,25-27,32,39H,12-16,18-19,37H2,1-2H3,(H2,38,46)(H,40,47)(H,41,48)(H,42,51)(H,43,50)(H,44,52)(H,45,49)(H,53,54)/t25-,26-,27-,32-/m0/s1. The fourth-order valence-electron chi connectivity index (χ4n) is 5.39. The lowest BCUT2D eigenvalue weighted by Gasteiger charge is -2.27. The zero-order chi connectivity index (χ0) is 39.8. The van der Waals surface area contributed by atoms with Gasteiger partial charge in [-0.15, -0.1) is 0 Å². The van der Waals surface area contributed by atoms with Crippen LogP contribution < -0.4 is 43.4 Å². The minimum Gasteiger partial charge on any atom is -0.480 e. The van der Waals surface area contributed by atoms with Gasteiger partial charge in [-0.3, -0.25) is 33.6 Å². The van der Waals surface area contributed by atoms with E-state index in [1.807, 2.05) is 18.2 Å². The van der Waals surface area contributed by atoms with E-state index in [0.29, 0.717) is 11.1 Å². The van der Waals surface area contributed by atoms with Gasteiger partial charge in [0.1, 0.15) is 24.2 Å². The summed E-state index contributed by atoms with van der Waals surface area (Å²) in [6.07, 6.45) is 0.959. The number of hydrogen-bond donors (Lipinski definition) is 10. The summed E-state index contributed by atoms with van der Waals surface area (Å²) in [4.78, 5) is 104. The number of carboxylic acids is 1. The van der Waals surface area contributed by atoms with Crippen molar-refractivity contribution in [1.29, 1.82) is 0 Å². The van der Waals surface area contributed by atoms with Crippen LogP contribution in [0.2, 0.25) is 0 Å². The summed E-state index contributed by atoms with van der Waals surface area (Å²) in [5.41, 5.74) is 12.4. The first-order valence-corrected chi connectivity index (χ1v) is 17.2. The minimum absolute atomic E-state index is 0.0282. The second-order valence-corrected chi connectivity index (χ2v) is 12.8. The van der Waals surface area contributed by atoms with Crippen LogP contribution in [0, 0.1) is 5.92 Å². The summed E-state index contributed by atoms with van der Waals surface area (Å²) in [6.45, 7) is 2.09. The van der Waals surface area contributed by atoms with Crippen LogP contribution >= 0.6 is 0 Å². The fourth-order valence-corrected chi connectivity index (χ4v) is 5.39. The third-order valence-corrected chi connectivity index (χ3v) is 8.28. The molecule has 3 aromatic rings. The SMILES string of the molecule is CC(C)[C@H](NC(=O)CNC(=O)CNC(=O)CN)C(=O)N[C@@H](Cc1ccccc1)C(=O)N[C@@H](Cc1c[nH]c2ccccc12)C(=O)N[C@@H](CCC(N)=O)C(=O)O. The Hall–Kier alpha value is -6.30. The average molecular weight is 750 g/mol. The lowest BCUT2D eigenvalue weighted by atomic mass is 9.99. The fraction of sp³-hybridized carbons (Fsp3) is 0.389. The number of rotatable bonds is 21. The Labute approximate surface area is 310 Å². The van der Waals surface area contributed by atoms with E-state index in [0.717, 1.165) is 10.9 Å². The number of nitrogens with two attached hydrogens (primary N) is 2. The van der Waals surface area contributed by atoms with Crippen LogP contribution in [-0.2, 0) is 51.2 Å². The molecule has 3 rings (SSSR count). The Bertz CT molecular complexity index is 1810. The lowest BCUT2D eigenvalue weighted by molar-refractivity contribution is -0.142. The number of fused-ring (bicyclic) bond motifs is 1. The molecule has 0 radical (unpaired) electrons. The molecule has 12 N–H and O–H groups in total. The number of aliphatic carboxylic acids is 1. The van der Waals surface area contributed by atoms with Gasteiger partial charge in [-0.25, -0.2) is 4.79 Å². The molecule has 0 fully saturated rings.